The molecule has 136 valence electrons. The monoisotopic (exact) mass is 432 g/mol. The third-order valence-corrected chi connectivity index (χ3v) is 3.65. The summed E-state index contributed by atoms with van der Waals surface area (Å²) in [7, 11) is 0. The molecule has 0 heterocycles. The molecule has 0 unspecified atom stereocenters. The van der Waals surface area contributed by atoms with Crippen LogP contribution in [0.1, 0.15) is 96.8 Å². The van der Waals surface area contributed by atoms with Gasteiger partial charge in [-0.05, 0) is 32.1 Å². The fourth-order valence-corrected chi connectivity index (χ4v) is 2.35. The van der Waals surface area contributed by atoms with Crippen LogP contribution in [0.2, 0.25) is 9.88 Å². The van der Waals surface area contributed by atoms with E-state index in [1.165, 1.54) is 70.6 Å². The second-order valence-corrected chi connectivity index (χ2v) is 9.08. The molecule has 0 aromatic rings. The summed E-state index contributed by atoms with van der Waals surface area (Å²) in [6.45, 7) is 2.26. The van der Waals surface area contributed by atoms with Gasteiger partial charge in [0.2, 0.25) is 0 Å². The fraction of sp³-hybridized carbons (Fsp3) is 0.850. The summed E-state index contributed by atoms with van der Waals surface area (Å²) in [4.78, 5) is 14.9. The normalized spacial score (nSPS) is 10.6. The van der Waals surface area contributed by atoms with Crippen molar-refractivity contribution >= 4 is 27.1 Å². The molecule has 23 heavy (non-hydrogen) atoms. The van der Waals surface area contributed by atoms with Gasteiger partial charge in [-0.25, -0.2) is 0 Å². The Morgan fingerprint density at radius 3 is 1.61 bits per heavy atom. The topological polar surface area (TPSA) is 37.3 Å². The van der Waals surface area contributed by atoms with Gasteiger partial charge in [-0.15, -0.1) is 0 Å². The van der Waals surface area contributed by atoms with Gasteiger partial charge in [-0.3, -0.25) is 4.79 Å². The molecule has 2 radical (unpaired) electrons. The number of unbranched alkanes of at least 4 members (excludes halogenated alkanes) is 11. The Morgan fingerprint density at radius 1 is 0.783 bits per heavy atom. The second kappa shape index (κ2) is 24.3. The maximum absolute atomic E-state index is 10.3. The first-order valence-electron chi connectivity index (χ1n) is 9.64. The number of carboxylic acids is 1. The standard InChI is InChI=1S/C18H34O2.2CH3.Sn/c1-2-3-4-5-6-7-8-9-10-11-12-13-14-15-16-17-18(19)20;;;/h9-10H,2-8,11-17H2,1H3,(H,19,20);2*1H3;. The van der Waals surface area contributed by atoms with Gasteiger partial charge in [0.1, 0.15) is 0 Å². The van der Waals surface area contributed by atoms with E-state index < -0.39 is 5.97 Å². The van der Waals surface area contributed by atoms with Crippen molar-refractivity contribution in [3.63, 3.8) is 0 Å². The number of hydrogen-bond donors (Lipinski definition) is 1. The summed E-state index contributed by atoms with van der Waals surface area (Å²) in [5.41, 5.74) is 0. The molecule has 0 aromatic heterocycles. The van der Waals surface area contributed by atoms with Crippen LogP contribution in [0.4, 0.5) is 0 Å². The molecule has 3 heteroatoms. The molecule has 0 saturated carbocycles. The van der Waals surface area contributed by atoms with Crippen molar-refractivity contribution < 1.29 is 9.90 Å². The number of aliphatic carboxylic acids is 1. The first-order valence-corrected chi connectivity index (χ1v) is 15.3. The summed E-state index contributed by atoms with van der Waals surface area (Å²) < 4.78 is 0. The van der Waals surface area contributed by atoms with E-state index in [2.05, 4.69) is 29.0 Å². The molecule has 0 amide bonds. The zero-order valence-electron chi connectivity index (χ0n) is 15.9. The van der Waals surface area contributed by atoms with Crippen LogP contribution in [0, 0.1) is 0 Å². The van der Waals surface area contributed by atoms with Crippen LogP contribution in [0.5, 0.6) is 0 Å². The van der Waals surface area contributed by atoms with Crippen LogP contribution < -0.4 is 0 Å². The van der Waals surface area contributed by atoms with Gasteiger partial charge in [0.25, 0.3) is 0 Å². The zero-order valence-corrected chi connectivity index (χ0v) is 18.8. The Bertz CT molecular complexity index is 252. The predicted octanol–water partition coefficient (Wildman–Crippen LogP) is 6.90. The summed E-state index contributed by atoms with van der Waals surface area (Å²) >= 11 is 0.230. The maximum atomic E-state index is 10.3. The van der Waals surface area contributed by atoms with Gasteiger partial charge in [0, 0.05) is 6.42 Å². The Hall–Kier alpha value is 0.00870. The number of carbonyl (C=O) groups is 1. The quantitative estimate of drug-likeness (QED) is 0.174. The molecule has 0 spiro atoms. The first-order chi connectivity index (χ1) is 11.2. The summed E-state index contributed by atoms with van der Waals surface area (Å²) in [6, 6.07) is 0. The minimum atomic E-state index is -0.664. The molecule has 0 aliphatic carbocycles. The van der Waals surface area contributed by atoms with E-state index >= 15 is 0 Å². The number of hydrogen-bond acceptors (Lipinski definition) is 1. The molecule has 1 N–H and O–H groups in total. The van der Waals surface area contributed by atoms with Gasteiger partial charge in [-0.2, -0.15) is 0 Å². The Kier molecular flexibility index (Phi) is 26.6. The van der Waals surface area contributed by atoms with Gasteiger partial charge >= 0.3 is 37.0 Å². The molecule has 0 rings (SSSR count). The molecule has 2 nitrogen and oxygen atoms in total. The van der Waals surface area contributed by atoms with Gasteiger partial charge in [0.05, 0.1) is 0 Å². The van der Waals surface area contributed by atoms with Crippen molar-refractivity contribution in [2.75, 3.05) is 0 Å². The van der Waals surface area contributed by atoms with Crippen LogP contribution in [-0.2, 0) is 4.79 Å². The number of rotatable bonds is 15. The van der Waals surface area contributed by atoms with Gasteiger partial charge in [0.15, 0.2) is 0 Å². The average molecular weight is 431 g/mol. The fourth-order valence-electron chi connectivity index (χ4n) is 2.35. The van der Waals surface area contributed by atoms with E-state index in [-0.39, 0.29) is 21.1 Å². The Balaban J connectivity index is 0. The summed E-state index contributed by atoms with van der Waals surface area (Å²) in [6.07, 6.45) is 21.2. The number of allylic oxidation sites excluding steroid dienone is 2. The molecular formula is C20H40O2Sn. The van der Waals surface area contributed by atoms with Crippen LogP contribution >= 0.6 is 0 Å². The van der Waals surface area contributed by atoms with E-state index in [0.717, 1.165) is 12.8 Å². The van der Waals surface area contributed by atoms with E-state index in [9.17, 15) is 4.79 Å². The van der Waals surface area contributed by atoms with Crippen LogP contribution in [0.25, 0.3) is 0 Å². The predicted molar refractivity (Wildman–Crippen MR) is 105 cm³/mol. The van der Waals surface area contributed by atoms with E-state index in [4.69, 9.17) is 5.11 Å². The molecule has 0 atom stereocenters. The molecule has 0 aromatic carbocycles. The van der Waals surface area contributed by atoms with Crippen molar-refractivity contribution in [1.29, 1.82) is 0 Å². The average Bonchev–Trinajstić information content (AvgIpc) is 2.51. The Labute approximate surface area is 155 Å². The molecule has 0 aliphatic heterocycles. The molecule has 0 aliphatic rings. The Morgan fingerprint density at radius 2 is 1.17 bits per heavy atom. The van der Waals surface area contributed by atoms with Crippen LogP contribution in [-0.4, -0.2) is 32.2 Å². The zero-order chi connectivity index (χ0) is 17.6. The van der Waals surface area contributed by atoms with E-state index in [0.29, 0.717) is 6.42 Å². The van der Waals surface area contributed by atoms with Gasteiger partial charge < -0.3 is 5.11 Å². The van der Waals surface area contributed by atoms with Crippen molar-refractivity contribution in [1.82, 2.24) is 0 Å². The first kappa shape index (κ1) is 25.3. The molecular weight excluding hydrogens is 391 g/mol. The van der Waals surface area contributed by atoms with Crippen molar-refractivity contribution in [2.24, 2.45) is 0 Å². The minimum absolute atomic E-state index is 0.230. The van der Waals surface area contributed by atoms with Crippen molar-refractivity contribution in [3.8, 4) is 0 Å². The third-order valence-electron chi connectivity index (χ3n) is 3.65. The van der Waals surface area contributed by atoms with Gasteiger partial charge in [-0.1, -0.05) is 70.4 Å². The van der Waals surface area contributed by atoms with Crippen LogP contribution in [0.3, 0.4) is 0 Å². The molecule has 0 bridgehead atoms. The number of carboxylic acid groups (broad SMARTS) is 1. The molecule has 0 fully saturated rings. The van der Waals surface area contributed by atoms with E-state index in [1.807, 2.05) is 0 Å². The van der Waals surface area contributed by atoms with Crippen LogP contribution in [0.15, 0.2) is 12.2 Å². The van der Waals surface area contributed by atoms with Crippen molar-refractivity contribution in [3.05, 3.63) is 12.2 Å². The third kappa shape index (κ3) is 30.5. The SMILES string of the molecule is CCCCCCCCC=CCCCCCCCC(=O)O.[CH3][Sn][CH3]. The summed E-state index contributed by atoms with van der Waals surface area (Å²) in [5.74, 6) is -0.664. The summed E-state index contributed by atoms with van der Waals surface area (Å²) in [5, 5.41) is 8.51. The molecule has 0 saturated heterocycles. The second-order valence-electron chi connectivity index (χ2n) is 6.23. The van der Waals surface area contributed by atoms with Crippen molar-refractivity contribution in [2.45, 2.75) is 107 Å². The van der Waals surface area contributed by atoms with E-state index in [1.54, 1.807) is 0 Å².